The number of esters is 1. The molecule has 0 radical (unpaired) electrons. The van der Waals surface area contributed by atoms with Crippen LogP contribution in [0.15, 0.2) is 12.1 Å². The van der Waals surface area contributed by atoms with E-state index in [-0.39, 0.29) is 0 Å². The van der Waals surface area contributed by atoms with Crippen LogP contribution in [-0.2, 0) is 11.3 Å². The molecule has 0 heterocycles. The molecule has 0 unspecified atom stereocenters. The van der Waals surface area contributed by atoms with Gasteiger partial charge >= 0.3 is 5.97 Å². The van der Waals surface area contributed by atoms with Gasteiger partial charge in [-0.3, -0.25) is 0 Å². The van der Waals surface area contributed by atoms with Crippen LogP contribution in [-0.4, -0.2) is 25.8 Å². The van der Waals surface area contributed by atoms with E-state index in [2.05, 4.69) is 20.8 Å². The molecule has 0 saturated heterocycles. The minimum Gasteiger partial charge on any atom is -0.490 e. The Labute approximate surface area is 303 Å². The number of carbonyl (C=O) groups is 1. The summed E-state index contributed by atoms with van der Waals surface area (Å²) >= 11 is 0. The van der Waals surface area contributed by atoms with E-state index in [1.165, 1.54) is 77.0 Å². The molecule has 0 aliphatic carbocycles. The van der Waals surface area contributed by atoms with Crippen LogP contribution in [0.4, 0.5) is 22.0 Å². The average Bonchev–Trinajstić information content (AvgIpc) is 3.13. The lowest BCUT2D eigenvalue weighted by molar-refractivity contribution is 0.0457. The van der Waals surface area contributed by atoms with Crippen molar-refractivity contribution in [2.75, 3.05) is 19.8 Å². The number of benzene rings is 2. The second-order valence-electron chi connectivity index (χ2n) is 13.4. The molecule has 10 heteroatoms. The molecular weight excluding hydrogens is 667 g/mol. The Bertz CT molecular complexity index is 1200. The molecule has 0 aliphatic rings. The summed E-state index contributed by atoms with van der Waals surface area (Å²) in [7, 11) is 0. The van der Waals surface area contributed by atoms with Crippen molar-refractivity contribution in [2.24, 2.45) is 0 Å². The molecule has 2 rings (SSSR count). The quantitative estimate of drug-likeness (QED) is 0.0264. The second kappa shape index (κ2) is 26.7. The van der Waals surface area contributed by atoms with Crippen LogP contribution < -0.4 is 14.2 Å². The van der Waals surface area contributed by atoms with Crippen LogP contribution in [0.3, 0.4) is 0 Å². The smallest absolute Gasteiger partial charge is 0.344 e. The van der Waals surface area contributed by atoms with E-state index in [0.717, 1.165) is 57.8 Å². The predicted molar refractivity (Wildman–Crippen MR) is 192 cm³/mol. The van der Waals surface area contributed by atoms with E-state index >= 15 is 0 Å². The highest BCUT2D eigenvalue weighted by molar-refractivity contribution is 5.90. The Morgan fingerprint density at radius 3 is 1.20 bits per heavy atom. The summed E-state index contributed by atoms with van der Waals surface area (Å²) in [6.45, 7) is 7.29. The Morgan fingerprint density at radius 1 is 0.471 bits per heavy atom. The highest BCUT2D eigenvalue weighted by Gasteiger charge is 2.31. The zero-order valence-electron chi connectivity index (χ0n) is 31.3. The van der Waals surface area contributed by atoms with Crippen LogP contribution in [0.1, 0.15) is 172 Å². The van der Waals surface area contributed by atoms with Gasteiger partial charge < -0.3 is 18.9 Å². The molecular formula is C41H61F5O5. The molecule has 0 aliphatic heterocycles. The molecule has 0 N–H and O–H groups in total. The molecule has 290 valence electrons. The van der Waals surface area contributed by atoms with Crippen molar-refractivity contribution in [1.29, 1.82) is 0 Å². The number of rotatable bonds is 30. The maximum Gasteiger partial charge on any atom is 0.344 e. The molecule has 5 nitrogen and oxygen atoms in total. The van der Waals surface area contributed by atoms with Gasteiger partial charge in [0.05, 0.1) is 19.8 Å². The summed E-state index contributed by atoms with van der Waals surface area (Å²) in [5.41, 5.74) is -1.30. The monoisotopic (exact) mass is 728 g/mol. The molecule has 2 aromatic carbocycles. The van der Waals surface area contributed by atoms with Crippen LogP contribution in [0, 0.1) is 29.1 Å². The predicted octanol–water partition coefficient (Wildman–Crippen LogP) is 13.1. The standard InChI is InChI=1S/C41H61F5O5/c1-4-7-10-13-16-19-22-25-48-32-28-31(30-51-41(47)34-35(42)37(44)39(46)38(45)36(34)43)29-33(49-26-23-20-17-14-11-8-5-2)40(32)50-27-24-21-18-15-12-9-6-3/h28-29H,4-27,30H2,1-3H3. The first-order chi connectivity index (χ1) is 24.8. The SMILES string of the molecule is CCCCCCCCCOc1cc(COC(=O)c2c(F)c(F)c(F)c(F)c2F)cc(OCCCCCCCCC)c1OCCCCCCCCC. The van der Waals surface area contributed by atoms with Crippen molar-refractivity contribution in [1.82, 2.24) is 0 Å². The number of halogens is 5. The van der Waals surface area contributed by atoms with Crippen molar-refractivity contribution in [3.8, 4) is 17.2 Å². The Morgan fingerprint density at radius 2 is 0.804 bits per heavy atom. The van der Waals surface area contributed by atoms with Gasteiger partial charge in [0.25, 0.3) is 0 Å². The van der Waals surface area contributed by atoms with Crippen molar-refractivity contribution < 1.29 is 45.7 Å². The summed E-state index contributed by atoms with van der Waals surface area (Å²) < 4.78 is 93.5. The molecule has 2 aromatic rings. The van der Waals surface area contributed by atoms with Crippen LogP contribution in [0.5, 0.6) is 17.2 Å². The fraction of sp³-hybridized carbons (Fsp3) is 0.683. The van der Waals surface area contributed by atoms with Crippen LogP contribution >= 0.6 is 0 Å². The minimum absolute atomic E-state index is 0.347. The van der Waals surface area contributed by atoms with Gasteiger partial charge in [0.15, 0.2) is 34.8 Å². The van der Waals surface area contributed by atoms with Gasteiger partial charge in [-0.2, -0.15) is 0 Å². The maximum atomic E-state index is 14.3. The fourth-order valence-electron chi connectivity index (χ4n) is 5.79. The van der Waals surface area contributed by atoms with Crippen LogP contribution in [0.2, 0.25) is 0 Å². The van der Waals surface area contributed by atoms with Gasteiger partial charge in [0.1, 0.15) is 12.2 Å². The van der Waals surface area contributed by atoms with Gasteiger partial charge in [0.2, 0.25) is 11.6 Å². The van der Waals surface area contributed by atoms with Crippen LogP contribution in [0.25, 0.3) is 0 Å². The van der Waals surface area contributed by atoms with Gasteiger partial charge in [-0.25, -0.2) is 26.7 Å². The Balaban J connectivity index is 2.24. The molecule has 0 saturated carbocycles. The maximum absolute atomic E-state index is 14.3. The minimum atomic E-state index is -2.35. The Hall–Kier alpha value is -3.04. The van der Waals surface area contributed by atoms with Crippen molar-refractivity contribution in [3.05, 3.63) is 52.3 Å². The highest BCUT2D eigenvalue weighted by Crippen LogP contribution is 2.40. The molecule has 0 bridgehead atoms. The lowest BCUT2D eigenvalue weighted by Crippen LogP contribution is -2.15. The normalized spacial score (nSPS) is 11.2. The lowest BCUT2D eigenvalue weighted by Gasteiger charge is -2.19. The number of carbonyl (C=O) groups excluding carboxylic acids is 1. The molecule has 0 fully saturated rings. The van der Waals surface area contributed by atoms with Gasteiger partial charge in [-0.15, -0.1) is 0 Å². The fourth-order valence-corrected chi connectivity index (χ4v) is 5.79. The number of hydrogen-bond donors (Lipinski definition) is 0. The van der Waals surface area contributed by atoms with Crippen molar-refractivity contribution >= 4 is 5.97 Å². The first-order valence-corrected chi connectivity index (χ1v) is 19.5. The molecule has 0 aromatic heterocycles. The topological polar surface area (TPSA) is 54.0 Å². The van der Waals surface area contributed by atoms with Crippen molar-refractivity contribution in [3.63, 3.8) is 0 Å². The molecule has 0 atom stereocenters. The van der Waals surface area contributed by atoms with E-state index in [1.54, 1.807) is 12.1 Å². The second-order valence-corrected chi connectivity index (χ2v) is 13.4. The molecule has 51 heavy (non-hydrogen) atoms. The van der Waals surface area contributed by atoms with E-state index in [0.29, 0.717) is 42.6 Å². The van der Waals surface area contributed by atoms with Gasteiger partial charge in [-0.05, 0) is 37.0 Å². The van der Waals surface area contributed by atoms with Gasteiger partial charge in [0, 0.05) is 0 Å². The third kappa shape index (κ3) is 16.5. The zero-order chi connectivity index (χ0) is 37.3. The van der Waals surface area contributed by atoms with E-state index in [4.69, 9.17) is 18.9 Å². The van der Waals surface area contributed by atoms with Crippen molar-refractivity contribution in [2.45, 2.75) is 162 Å². The summed E-state index contributed by atoms with van der Waals surface area (Å²) in [4.78, 5) is 12.6. The number of hydrogen-bond acceptors (Lipinski definition) is 5. The van der Waals surface area contributed by atoms with E-state index in [1.807, 2.05) is 0 Å². The third-order valence-electron chi connectivity index (χ3n) is 8.87. The number of ether oxygens (including phenoxy) is 4. The molecule has 0 amide bonds. The Kier molecular flexibility index (Phi) is 23.1. The third-order valence-corrected chi connectivity index (χ3v) is 8.87. The highest BCUT2D eigenvalue weighted by atomic mass is 19.2. The summed E-state index contributed by atoms with van der Waals surface area (Å²) in [6, 6.07) is 3.21. The summed E-state index contributed by atoms with van der Waals surface area (Å²) in [5.74, 6) is -11.8. The zero-order valence-corrected chi connectivity index (χ0v) is 31.3. The summed E-state index contributed by atoms with van der Waals surface area (Å²) in [6.07, 6.45) is 23.2. The van der Waals surface area contributed by atoms with E-state index in [9.17, 15) is 26.7 Å². The first-order valence-electron chi connectivity index (χ1n) is 19.5. The molecule has 0 spiro atoms. The van der Waals surface area contributed by atoms with Gasteiger partial charge in [-0.1, -0.05) is 136 Å². The van der Waals surface area contributed by atoms with E-state index < -0.39 is 47.2 Å². The first kappa shape index (κ1) is 44.1. The average molecular weight is 729 g/mol. The largest absolute Gasteiger partial charge is 0.490 e. The lowest BCUT2D eigenvalue weighted by atomic mass is 10.1. The number of unbranched alkanes of at least 4 members (excludes halogenated alkanes) is 18. The summed E-state index contributed by atoms with van der Waals surface area (Å²) in [5, 5.41) is 0.